The molecule has 0 fully saturated rings. The van der Waals surface area contributed by atoms with Crippen LogP contribution in [0.5, 0.6) is 0 Å². The molecule has 1 aromatic heterocycles. The summed E-state index contributed by atoms with van der Waals surface area (Å²) >= 11 is 1.34. The van der Waals surface area contributed by atoms with Crippen molar-refractivity contribution in [3.8, 4) is 11.8 Å². The Hall–Kier alpha value is -1.31. The van der Waals surface area contributed by atoms with E-state index in [1.807, 2.05) is 0 Å². The monoisotopic (exact) mass is 195 g/mol. The van der Waals surface area contributed by atoms with Gasteiger partial charge in [0.25, 0.3) is 0 Å². The molecular weight excluding hydrogens is 186 g/mol. The standard InChI is InChI=1S/C9H9NO2S/c10-4-2-1-3-7-5-13-6-8(7)9(11)12/h5-6H,2,4,10H2,(H,11,12). The molecule has 0 radical (unpaired) electrons. The largest absolute Gasteiger partial charge is 0.478 e. The second kappa shape index (κ2) is 4.65. The SMILES string of the molecule is NCCC#Cc1cscc1C(=O)O. The van der Waals surface area contributed by atoms with Crippen LogP contribution in [0.4, 0.5) is 0 Å². The van der Waals surface area contributed by atoms with E-state index in [4.69, 9.17) is 10.8 Å². The normalized spacial score (nSPS) is 9.00. The summed E-state index contributed by atoms with van der Waals surface area (Å²) in [7, 11) is 0. The maximum atomic E-state index is 10.6. The number of aromatic carboxylic acids is 1. The van der Waals surface area contributed by atoms with Gasteiger partial charge in [0.2, 0.25) is 0 Å². The second-order valence-electron chi connectivity index (χ2n) is 2.34. The lowest BCUT2D eigenvalue weighted by Gasteiger charge is -1.87. The Kier molecular flexibility index (Phi) is 3.50. The van der Waals surface area contributed by atoms with E-state index in [-0.39, 0.29) is 5.56 Å². The molecule has 4 heteroatoms. The summed E-state index contributed by atoms with van der Waals surface area (Å²) in [6.07, 6.45) is 0.592. The molecule has 0 aliphatic rings. The molecule has 0 amide bonds. The maximum absolute atomic E-state index is 10.6. The van der Waals surface area contributed by atoms with Gasteiger partial charge in [0, 0.05) is 29.3 Å². The number of thiophene rings is 1. The third-order valence-electron chi connectivity index (χ3n) is 1.38. The average Bonchev–Trinajstić information content (AvgIpc) is 2.53. The lowest BCUT2D eigenvalue weighted by molar-refractivity contribution is 0.0697. The van der Waals surface area contributed by atoms with Gasteiger partial charge in [-0.25, -0.2) is 4.79 Å². The van der Waals surface area contributed by atoms with Crippen LogP contribution in [0.25, 0.3) is 0 Å². The summed E-state index contributed by atoms with van der Waals surface area (Å²) in [5.41, 5.74) is 6.10. The van der Waals surface area contributed by atoms with Gasteiger partial charge in [-0.05, 0) is 0 Å². The Labute approximate surface area is 80.2 Å². The first kappa shape index (κ1) is 9.78. The lowest BCUT2D eigenvalue weighted by atomic mass is 10.2. The van der Waals surface area contributed by atoms with E-state index in [1.165, 1.54) is 11.3 Å². The van der Waals surface area contributed by atoms with Crippen LogP contribution in [0, 0.1) is 11.8 Å². The Morgan fingerprint density at radius 2 is 2.38 bits per heavy atom. The minimum absolute atomic E-state index is 0.273. The van der Waals surface area contributed by atoms with Gasteiger partial charge in [0.05, 0.1) is 5.56 Å². The zero-order chi connectivity index (χ0) is 9.68. The van der Waals surface area contributed by atoms with E-state index in [9.17, 15) is 4.79 Å². The topological polar surface area (TPSA) is 63.3 Å². The quantitative estimate of drug-likeness (QED) is 0.696. The molecule has 1 heterocycles. The summed E-state index contributed by atoms with van der Waals surface area (Å²) in [6.45, 7) is 0.500. The van der Waals surface area contributed by atoms with E-state index in [0.717, 1.165) is 0 Å². The van der Waals surface area contributed by atoms with Gasteiger partial charge in [0.15, 0.2) is 0 Å². The smallest absolute Gasteiger partial charge is 0.337 e. The molecule has 0 atom stereocenters. The van der Waals surface area contributed by atoms with E-state index in [2.05, 4.69) is 11.8 Å². The highest BCUT2D eigenvalue weighted by Crippen LogP contribution is 2.13. The number of carboxylic acids is 1. The fraction of sp³-hybridized carbons (Fsp3) is 0.222. The number of hydrogen-bond acceptors (Lipinski definition) is 3. The van der Waals surface area contributed by atoms with E-state index < -0.39 is 5.97 Å². The van der Waals surface area contributed by atoms with Crippen molar-refractivity contribution in [1.82, 2.24) is 0 Å². The van der Waals surface area contributed by atoms with Crippen LogP contribution in [0.2, 0.25) is 0 Å². The Bertz CT molecular complexity index is 359. The maximum Gasteiger partial charge on any atom is 0.337 e. The number of nitrogens with two attached hydrogens (primary N) is 1. The van der Waals surface area contributed by atoms with Crippen LogP contribution in [0.1, 0.15) is 22.3 Å². The van der Waals surface area contributed by atoms with Crippen molar-refractivity contribution in [3.05, 3.63) is 21.9 Å². The second-order valence-corrected chi connectivity index (χ2v) is 3.09. The van der Waals surface area contributed by atoms with Crippen molar-refractivity contribution in [3.63, 3.8) is 0 Å². The average molecular weight is 195 g/mol. The van der Waals surface area contributed by atoms with Gasteiger partial charge in [0.1, 0.15) is 0 Å². The Balaban J connectivity index is 2.84. The van der Waals surface area contributed by atoms with Crippen molar-refractivity contribution >= 4 is 17.3 Å². The minimum Gasteiger partial charge on any atom is -0.478 e. The third-order valence-corrected chi connectivity index (χ3v) is 2.13. The first-order valence-electron chi connectivity index (χ1n) is 3.74. The highest BCUT2D eigenvalue weighted by molar-refractivity contribution is 7.08. The van der Waals surface area contributed by atoms with Gasteiger partial charge in [-0.15, -0.1) is 0 Å². The summed E-state index contributed by atoms with van der Waals surface area (Å²) in [4.78, 5) is 10.6. The molecule has 0 aliphatic carbocycles. The fourth-order valence-corrected chi connectivity index (χ4v) is 1.54. The van der Waals surface area contributed by atoms with Crippen molar-refractivity contribution in [2.75, 3.05) is 6.54 Å². The van der Waals surface area contributed by atoms with Crippen LogP contribution in [-0.4, -0.2) is 17.6 Å². The molecule has 0 saturated heterocycles. The molecule has 68 valence electrons. The van der Waals surface area contributed by atoms with Crippen molar-refractivity contribution in [2.45, 2.75) is 6.42 Å². The molecule has 0 bridgehead atoms. The molecule has 3 N–H and O–H groups in total. The third kappa shape index (κ3) is 2.58. The number of rotatable bonds is 2. The van der Waals surface area contributed by atoms with Crippen LogP contribution < -0.4 is 5.73 Å². The van der Waals surface area contributed by atoms with E-state index in [0.29, 0.717) is 18.5 Å². The first-order chi connectivity index (χ1) is 6.25. The summed E-state index contributed by atoms with van der Waals surface area (Å²) in [5.74, 6) is 4.64. The van der Waals surface area contributed by atoms with Gasteiger partial charge in [-0.1, -0.05) is 11.8 Å². The lowest BCUT2D eigenvalue weighted by Crippen LogP contribution is -1.97. The Morgan fingerprint density at radius 1 is 1.62 bits per heavy atom. The molecule has 1 rings (SSSR count). The molecule has 13 heavy (non-hydrogen) atoms. The number of carboxylic acid groups (broad SMARTS) is 1. The van der Waals surface area contributed by atoms with Gasteiger partial charge < -0.3 is 10.8 Å². The summed E-state index contributed by atoms with van der Waals surface area (Å²) in [5, 5.41) is 12.0. The zero-order valence-electron chi connectivity index (χ0n) is 6.91. The van der Waals surface area contributed by atoms with Crippen LogP contribution in [0.15, 0.2) is 10.8 Å². The predicted octanol–water partition coefficient (Wildman–Crippen LogP) is 1.15. The van der Waals surface area contributed by atoms with Crippen LogP contribution in [0.3, 0.4) is 0 Å². The van der Waals surface area contributed by atoms with Gasteiger partial charge >= 0.3 is 5.97 Å². The number of carbonyl (C=O) groups is 1. The fourth-order valence-electron chi connectivity index (χ4n) is 0.789. The minimum atomic E-state index is -0.932. The number of hydrogen-bond donors (Lipinski definition) is 2. The van der Waals surface area contributed by atoms with Gasteiger partial charge in [-0.3, -0.25) is 0 Å². The van der Waals surface area contributed by atoms with Gasteiger partial charge in [-0.2, -0.15) is 11.3 Å². The van der Waals surface area contributed by atoms with E-state index >= 15 is 0 Å². The molecule has 0 unspecified atom stereocenters. The van der Waals surface area contributed by atoms with Crippen molar-refractivity contribution in [1.29, 1.82) is 0 Å². The Morgan fingerprint density at radius 3 is 3.00 bits per heavy atom. The highest BCUT2D eigenvalue weighted by atomic mass is 32.1. The summed E-state index contributed by atoms with van der Waals surface area (Å²) < 4.78 is 0. The first-order valence-corrected chi connectivity index (χ1v) is 4.68. The summed E-state index contributed by atoms with van der Waals surface area (Å²) in [6, 6.07) is 0. The van der Waals surface area contributed by atoms with E-state index in [1.54, 1.807) is 10.8 Å². The van der Waals surface area contributed by atoms with Crippen LogP contribution in [-0.2, 0) is 0 Å². The molecule has 0 aliphatic heterocycles. The van der Waals surface area contributed by atoms with Crippen molar-refractivity contribution < 1.29 is 9.90 Å². The highest BCUT2D eigenvalue weighted by Gasteiger charge is 2.08. The zero-order valence-corrected chi connectivity index (χ0v) is 7.73. The molecule has 0 spiro atoms. The molecule has 3 nitrogen and oxygen atoms in total. The van der Waals surface area contributed by atoms with Crippen LogP contribution >= 0.6 is 11.3 Å². The molecule has 0 saturated carbocycles. The molecular formula is C9H9NO2S. The molecule has 1 aromatic rings. The molecule has 0 aromatic carbocycles. The van der Waals surface area contributed by atoms with Crippen molar-refractivity contribution in [2.24, 2.45) is 5.73 Å². The predicted molar refractivity (Wildman–Crippen MR) is 51.8 cm³/mol.